The number of hydrogen-bond acceptors (Lipinski definition) is 3. The van der Waals surface area contributed by atoms with Gasteiger partial charge in [-0.15, -0.1) is 0 Å². The molecule has 3 N–H and O–H groups in total. The van der Waals surface area contributed by atoms with Gasteiger partial charge in [-0.3, -0.25) is 10.3 Å². The molecule has 6 heteroatoms. The van der Waals surface area contributed by atoms with Crippen LogP contribution in [0.2, 0.25) is 0 Å². The number of aliphatic imine (C=N–C) groups is 1. The fraction of sp³-hybridized carbons (Fsp3) is 0.545. The van der Waals surface area contributed by atoms with E-state index in [2.05, 4.69) is 25.6 Å². The highest BCUT2D eigenvalue weighted by atomic mass is 15.1. The third-order valence-electron chi connectivity index (χ3n) is 2.44. The summed E-state index contributed by atoms with van der Waals surface area (Å²) in [5.41, 5.74) is 2.26. The molecule has 0 atom stereocenters. The highest BCUT2D eigenvalue weighted by Gasteiger charge is 2.00. The van der Waals surface area contributed by atoms with Gasteiger partial charge in [0.15, 0.2) is 6.19 Å². The lowest BCUT2D eigenvalue weighted by Crippen LogP contribution is -2.31. The van der Waals surface area contributed by atoms with Gasteiger partial charge in [-0.1, -0.05) is 0 Å². The molecule has 0 bridgehead atoms. The van der Waals surface area contributed by atoms with Crippen LogP contribution in [0.25, 0.3) is 0 Å². The Morgan fingerprint density at radius 1 is 1.59 bits per heavy atom. The van der Waals surface area contributed by atoms with E-state index in [0.29, 0.717) is 12.5 Å². The van der Waals surface area contributed by atoms with Crippen LogP contribution in [0.1, 0.15) is 24.2 Å². The Bertz CT molecular complexity index is 400. The van der Waals surface area contributed by atoms with Crippen LogP contribution in [-0.2, 0) is 6.42 Å². The van der Waals surface area contributed by atoms with Gasteiger partial charge in [0, 0.05) is 19.3 Å². The van der Waals surface area contributed by atoms with E-state index < -0.39 is 0 Å². The van der Waals surface area contributed by atoms with E-state index >= 15 is 0 Å². The molecule has 1 heterocycles. The fourth-order valence-electron chi connectivity index (χ4n) is 1.47. The Labute approximate surface area is 101 Å². The number of aromatic nitrogens is 2. The summed E-state index contributed by atoms with van der Waals surface area (Å²) < 4.78 is 0. The van der Waals surface area contributed by atoms with Crippen molar-refractivity contribution in [1.82, 2.24) is 20.6 Å². The maximum atomic E-state index is 8.43. The Morgan fingerprint density at radius 2 is 2.41 bits per heavy atom. The highest BCUT2D eigenvalue weighted by molar-refractivity contribution is 5.80. The number of hydrogen-bond donors (Lipinski definition) is 3. The molecule has 92 valence electrons. The molecule has 0 spiro atoms. The number of imidazole rings is 1. The minimum atomic E-state index is 0.517. The molecule has 1 rings (SSSR count). The number of unbranched alkanes of at least 4 members (excludes halogenated alkanes) is 1. The standard InChI is InChI=1S/C11H18N6/c1-9-10(17-8-16-9)5-3-4-6-14-11(13-2)15-7-12/h8H,3-6H2,1-2H3,(H,16,17)(H2,13,14,15). The van der Waals surface area contributed by atoms with E-state index in [1.54, 1.807) is 13.4 Å². The number of nitrogens with one attached hydrogen (secondary N) is 3. The molecule has 0 unspecified atom stereocenters. The molecule has 0 aliphatic heterocycles. The molecule has 0 saturated heterocycles. The molecule has 0 radical (unpaired) electrons. The van der Waals surface area contributed by atoms with Crippen LogP contribution >= 0.6 is 0 Å². The molecular formula is C11H18N6. The molecule has 6 nitrogen and oxygen atoms in total. The Hall–Kier alpha value is -2.03. The van der Waals surface area contributed by atoms with E-state index in [0.717, 1.165) is 30.7 Å². The van der Waals surface area contributed by atoms with Crippen molar-refractivity contribution < 1.29 is 0 Å². The van der Waals surface area contributed by atoms with E-state index in [4.69, 9.17) is 5.26 Å². The van der Waals surface area contributed by atoms with Crippen LogP contribution in [0, 0.1) is 18.4 Å². The lowest BCUT2D eigenvalue weighted by molar-refractivity contribution is 0.729. The maximum absolute atomic E-state index is 8.43. The number of aromatic amines is 1. The van der Waals surface area contributed by atoms with Gasteiger partial charge in [-0.25, -0.2) is 4.98 Å². The van der Waals surface area contributed by atoms with Crippen LogP contribution in [0.5, 0.6) is 0 Å². The number of nitriles is 1. The molecule has 0 saturated carbocycles. The van der Waals surface area contributed by atoms with Crippen LogP contribution in [0.4, 0.5) is 0 Å². The maximum Gasteiger partial charge on any atom is 0.204 e. The Morgan fingerprint density at radius 3 is 3.00 bits per heavy atom. The summed E-state index contributed by atoms with van der Waals surface area (Å²) >= 11 is 0. The van der Waals surface area contributed by atoms with Gasteiger partial charge in [0.05, 0.1) is 12.0 Å². The third kappa shape index (κ3) is 4.55. The first-order valence-electron chi connectivity index (χ1n) is 5.64. The van der Waals surface area contributed by atoms with Crippen LogP contribution in [-0.4, -0.2) is 29.5 Å². The minimum Gasteiger partial charge on any atom is -0.359 e. The predicted octanol–water partition coefficient (Wildman–Crippen LogP) is 0.687. The summed E-state index contributed by atoms with van der Waals surface area (Å²) in [4.78, 5) is 11.5. The summed E-state index contributed by atoms with van der Waals surface area (Å²) in [6.07, 6.45) is 6.53. The zero-order chi connectivity index (χ0) is 12.5. The average Bonchev–Trinajstić information content (AvgIpc) is 2.73. The molecule has 0 fully saturated rings. The first-order chi connectivity index (χ1) is 8.27. The molecular weight excluding hydrogens is 216 g/mol. The summed E-state index contributed by atoms with van der Waals surface area (Å²) in [7, 11) is 1.73. The van der Waals surface area contributed by atoms with E-state index in [9.17, 15) is 0 Å². The number of nitrogens with zero attached hydrogens (tertiary/aromatic N) is 3. The SMILES string of the molecule is CNC(=NCCCCc1nc[nH]c1C)NC#N. The minimum absolute atomic E-state index is 0.517. The quantitative estimate of drug-likeness (QED) is 0.230. The fourth-order valence-corrected chi connectivity index (χ4v) is 1.47. The van der Waals surface area contributed by atoms with Gasteiger partial charge in [0.25, 0.3) is 0 Å². The second-order valence-electron chi connectivity index (χ2n) is 3.65. The predicted molar refractivity (Wildman–Crippen MR) is 66.4 cm³/mol. The van der Waals surface area contributed by atoms with Gasteiger partial charge >= 0.3 is 0 Å². The lowest BCUT2D eigenvalue weighted by Gasteiger charge is -2.02. The van der Waals surface area contributed by atoms with Crippen molar-refractivity contribution in [2.75, 3.05) is 13.6 Å². The Balaban J connectivity index is 2.20. The monoisotopic (exact) mass is 234 g/mol. The second kappa shape index (κ2) is 7.28. The van der Waals surface area contributed by atoms with Gasteiger partial charge in [0.1, 0.15) is 0 Å². The summed E-state index contributed by atoms with van der Waals surface area (Å²) in [5, 5.41) is 13.7. The van der Waals surface area contributed by atoms with E-state index in [1.807, 2.05) is 13.1 Å². The van der Waals surface area contributed by atoms with Crippen molar-refractivity contribution in [1.29, 1.82) is 5.26 Å². The van der Waals surface area contributed by atoms with Crippen LogP contribution in [0.15, 0.2) is 11.3 Å². The topological polar surface area (TPSA) is 88.9 Å². The van der Waals surface area contributed by atoms with E-state index in [-0.39, 0.29) is 0 Å². The molecule has 0 amide bonds. The number of guanidine groups is 1. The third-order valence-corrected chi connectivity index (χ3v) is 2.44. The van der Waals surface area contributed by atoms with Gasteiger partial charge in [0.2, 0.25) is 5.96 Å². The van der Waals surface area contributed by atoms with E-state index in [1.165, 1.54) is 0 Å². The van der Waals surface area contributed by atoms with Crippen molar-refractivity contribution >= 4 is 5.96 Å². The molecule has 0 aliphatic carbocycles. The highest BCUT2D eigenvalue weighted by Crippen LogP contribution is 2.05. The van der Waals surface area contributed by atoms with Crippen LogP contribution < -0.4 is 10.6 Å². The zero-order valence-corrected chi connectivity index (χ0v) is 10.2. The normalized spacial score (nSPS) is 11.0. The van der Waals surface area contributed by atoms with Gasteiger partial charge in [-0.2, -0.15) is 5.26 Å². The molecule has 1 aromatic heterocycles. The summed E-state index contributed by atoms with van der Waals surface area (Å²) in [6, 6.07) is 0. The summed E-state index contributed by atoms with van der Waals surface area (Å²) in [5.74, 6) is 0.517. The van der Waals surface area contributed by atoms with Crippen molar-refractivity contribution in [2.45, 2.75) is 26.2 Å². The number of rotatable bonds is 5. The number of aryl methyl sites for hydroxylation is 2. The first kappa shape index (κ1) is 13.0. The van der Waals surface area contributed by atoms with Gasteiger partial charge in [-0.05, 0) is 26.2 Å². The first-order valence-corrected chi connectivity index (χ1v) is 5.64. The molecule has 0 aromatic carbocycles. The lowest BCUT2D eigenvalue weighted by atomic mass is 10.2. The smallest absolute Gasteiger partial charge is 0.204 e. The van der Waals surface area contributed by atoms with Crippen molar-refractivity contribution in [3.05, 3.63) is 17.7 Å². The molecule has 0 aliphatic rings. The average molecular weight is 234 g/mol. The van der Waals surface area contributed by atoms with Crippen molar-refractivity contribution in [2.24, 2.45) is 4.99 Å². The number of H-pyrrole nitrogens is 1. The largest absolute Gasteiger partial charge is 0.359 e. The zero-order valence-electron chi connectivity index (χ0n) is 10.2. The van der Waals surface area contributed by atoms with Gasteiger partial charge < -0.3 is 10.3 Å². The van der Waals surface area contributed by atoms with Crippen LogP contribution in [0.3, 0.4) is 0 Å². The second-order valence-corrected chi connectivity index (χ2v) is 3.65. The Kier molecular flexibility index (Phi) is 5.58. The molecule has 1 aromatic rings. The molecule has 17 heavy (non-hydrogen) atoms. The summed E-state index contributed by atoms with van der Waals surface area (Å²) in [6.45, 7) is 2.73. The van der Waals surface area contributed by atoms with Crippen molar-refractivity contribution in [3.8, 4) is 6.19 Å². The van der Waals surface area contributed by atoms with Crippen molar-refractivity contribution in [3.63, 3.8) is 0 Å².